The van der Waals surface area contributed by atoms with Gasteiger partial charge in [0, 0.05) is 23.6 Å². The lowest BCUT2D eigenvalue weighted by molar-refractivity contribution is 0.143. The van der Waals surface area contributed by atoms with E-state index in [-0.39, 0.29) is 0 Å². The topological polar surface area (TPSA) is 59.4 Å². The summed E-state index contributed by atoms with van der Waals surface area (Å²) in [5.41, 5.74) is 0.845. The molecule has 26 heavy (non-hydrogen) atoms. The molecule has 0 spiro atoms. The Morgan fingerprint density at radius 1 is 1.38 bits per heavy atom. The van der Waals surface area contributed by atoms with E-state index in [1.54, 1.807) is 34.1 Å². The predicted octanol–water partition coefficient (Wildman–Crippen LogP) is 3.19. The standard InChI is InChI=1S/C18H20Cl2N4O2/c1-23-9-17(22-10-23)26-18(25)24(8-15-13-5-21-6-14(13)15)7-11-2-3-12(19)4-16(11)20/h2-4,9-10,13-15,21H,5-8H2,1H3. The molecule has 4 rings (SSSR count). The van der Waals surface area contributed by atoms with Crippen LogP contribution in [0.1, 0.15) is 5.56 Å². The highest BCUT2D eigenvalue weighted by atomic mass is 35.5. The smallest absolute Gasteiger partial charge is 0.389 e. The van der Waals surface area contributed by atoms with E-state index in [0.29, 0.717) is 46.8 Å². The molecule has 1 N–H and O–H groups in total. The minimum atomic E-state index is -0.410. The van der Waals surface area contributed by atoms with Gasteiger partial charge in [0.15, 0.2) is 0 Å². The van der Waals surface area contributed by atoms with Gasteiger partial charge in [-0.15, -0.1) is 0 Å². The van der Waals surface area contributed by atoms with Gasteiger partial charge in [0.1, 0.15) is 0 Å². The number of aryl methyl sites for hydroxylation is 1. The minimum Gasteiger partial charge on any atom is -0.389 e. The molecule has 2 unspecified atom stereocenters. The summed E-state index contributed by atoms with van der Waals surface area (Å²) in [5, 5.41) is 4.50. The molecule has 2 aliphatic rings. The van der Waals surface area contributed by atoms with Crippen LogP contribution in [0.25, 0.3) is 0 Å². The number of piperidine rings is 1. The third-order valence-electron chi connectivity index (χ3n) is 5.21. The number of hydrogen-bond acceptors (Lipinski definition) is 4. The van der Waals surface area contributed by atoms with Crippen LogP contribution in [0.5, 0.6) is 5.88 Å². The molecule has 2 fully saturated rings. The van der Waals surface area contributed by atoms with Crippen molar-refractivity contribution in [3.05, 3.63) is 46.3 Å². The minimum absolute atomic E-state index is 0.294. The molecule has 138 valence electrons. The predicted molar refractivity (Wildman–Crippen MR) is 99.4 cm³/mol. The molecule has 2 atom stereocenters. The third-order valence-corrected chi connectivity index (χ3v) is 5.79. The van der Waals surface area contributed by atoms with Gasteiger partial charge in [0.05, 0.1) is 19.1 Å². The van der Waals surface area contributed by atoms with Crippen molar-refractivity contribution in [1.82, 2.24) is 19.8 Å². The number of rotatable bonds is 5. The van der Waals surface area contributed by atoms with E-state index in [0.717, 1.165) is 18.7 Å². The largest absolute Gasteiger partial charge is 0.416 e. The second-order valence-corrected chi connectivity index (χ2v) is 7.86. The first-order valence-electron chi connectivity index (χ1n) is 8.60. The van der Waals surface area contributed by atoms with Crippen molar-refractivity contribution in [3.8, 4) is 5.88 Å². The average molecular weight is 395 g/mol. The van der Waals surface area contributed by atoms with Crippen LogP contribution < -0.4 is 10.1 Å². The summed E-state index contributed by atoms with van der Waals surface area (Å²) < 4.78 is 7.19. The summed E-state index contributed by atoms with van der Waals surface area (Å²) in [5.74, 6) is 2.11. The monoisotopic (exact) mass is 394 g/mol. The maximum absolute atomic E-state index is 12.8. The summed E-state index contributed by atoms with van der Waals surface area (Å²) >= 11 is 12.3. The lowest BCUT2D eigenvalue weighted by Gasteiger charge is -2.23. The van der Waals surface area contributed by atoms with Gasteiger partial charge in [-0.25, -0.2) is 9.78 Å². The second kappa shape index (κ2) is 7.10. The Kier molecular flexibility index (Phi) is 4.82. The van der Waals surface area contributed by atoms with E-state index >= 15 is 0 Å². The molecule has 1 amide bonds. The van der Waals surface area contributed by atoms with Gasteiger partial charge in [-0.2, -0.15) is 0 Å². The van der Waals surface area contributed by atoms with Crippen molar-refractivity contribution in [3.63, 3.8) is 0 Å². The molecule has 1 aliphatic carbocycles. The Hall–Kier alpha value is -1.76. The summed E-state index contributed by atoms with van der Waals surface area (Å²) in [6.07, 6.45) is 2.86. The fourth-order valence-corrected chi connectivity index (χ4v) is 4.19. The summed E-state index contributed by atoms with van der Waals surface area (Å²) in [6, 6.07) is 5.32. The number of nitrogens with one attached hydrogen (secondary N) is 1. The summed E-state index contributed by atoms with van der Waals surface area (Å²) in [6.45, 7) is 3.09. The van der Waals surface area contributed by atoms with E-state index in [1.165, 1.54) is 0 Å². The lowest BCUT2D eigenvalue weighted by Crippen LogP contribution is -2.36. The molecule has 6 nitrogen and oxygen atoms in total. The fourth-order valence-electron chi connectivity index (χ4n) is 3.73. The first-order valence-corrected chi connectivity index (χ1v) is 9.36. The van der Waals surface area contributed by atoms with E-state index < -0.39 is 6.09 Å². The maximum atomic E-state index is 12.8. The third kappa shape index (κ3) is 3.68. The van der Waals surface area contributed by atoms with Gasteiger partial charge in [0.25, 0.3) is 0 Å². The van der Waals surface area contributed by atoms with E-state index in [1.807, 2.05) is 13.1 Å². The van der Waals surface area contributed by atoms with Gasteiger partial charge < -0.3 is 19.5 Å². The number of carbonyl (C=O) groups excluding carboxylic acids is 1. The number of aromatic nitrogens is 2. The Morgan fingerprint density at radius 2 is 2.15 bits per heavy atom. The Bertz CT molecular complexity index is 815. The van der Waals surface area contributed by atoms with Gasteiger partial charge >= 0.3 is 6.09 Å². The number of nitrogens with zero attached hydrogens (tertiary/aromatic N) is 3. The van der Waals surface area contributed by atoms with Crippen LogP contribution in [0.15, 0.2) is 30.7 Å². The van der Waals surface area contributed by atoms with Crippen molar-refractivity contribution >= 4 is 29.3 Å². The number of hydrogen-bond donors (Lipinski definition) is 1. The zero-order valence-corrected chi connectivity index (χ0v) is 15.9. The number of ether oxygens (including phenoxy) is 1. The van der Waals surface area contributed by atoms with Crippen LogP contribution in [0.2, 0.25) is 10.0 Å². The quantitative estimate of drug-likeness (QED) is 0.845. The number of carbonyl (C=O) groups is 1. The maximum Gasteiger partial charge on any atom is 0.416 e. The second-order valence-electron chi connectivity index (χ2n) is 7.01. The SMILES string of the molecule is Cn1cnc(OC(=O)N(Cc2ccc(Cl)cc2Cl)CC2C3CNCC32)c1. The zero-order chi connectivity index (χ0) is 18.3. The number of imidazole rings is 1. The highest BCUT2D eigenvalue weighted by Gasteiger charge is 2.53. The van der Waals surface area contributed by atoms with Crippen LogP contribution in [-0.4, -0.2) is 40.2 Å². The number of fused-ring (bicyclic) bond motifs is 1. The summed E-state index contributed by atoms with van der Waals surface area (Å²) in [4.78, 5) is 18.5. The molecule has 2 heterocycles. The molecule has 1 saturated carbocycles. The molecule has 1 aromatic carbocycles. The Labute approximate surface area is 162 Å². The molecular formula is C18H20Cl2N4O2. The Balaban J connectivity index is 1.49. The van der Waals surface area contributed by atoms with Crippen LogP contribution in [-0.2, 0) is 13.6 Å². The van der Waals surface area contributed by atoms with Crippen molar-refractivity contribution in [2.75, 3.05) is 19.6 Å². The highest BCUT2D eigenvalue weighted by molar-refractivity contribution is 6.35. The highest BCUT2D eigenvalue weighted by Crippen LogP contribution is 2.49. The van der Waals surface area contributed by atoms with Gasteiger partial charge in [-0.1, -0.05) is 29.3 Å². The van der Waals surface area contributed by atoms with Gasteiger partial charge in [0.2, 0.25) is 5.88 Å². The van der Waals surface area contributed by atoms with Crippen molar-refractivity contribution in [1.29, 1.82) is 0 Å². The van der Waals surface area contributed by atoms with Crippen molar-refractivity contribution in [2.45, 2.75) is 6.54 Å². The van der Waals surface area contributed by atoms with E-state index in [4.69, 9.17) is 27.9 Å². The van der Waals surface area contributed by atoms with Crippen LogP contribution in [0.4, 0.5) is 4.79 Å². The van der Waals surface area contributed by atoms with Crippen LogP contribution in [0.3, 0.4) is 0 Å². The van der Waals surface area contributed by atoms with E-state index in [9.17, 15) is 4.79 Å². The normalized spacial score (nSPS) is 23.6. The molecule has 1 saturated heterocycles. The van der Waals surface area contributed by atoms with E-state index in [2.05, 4.69) is 10.3 Å². The van der Waals surface area contributed by atoms with Crippen LogP contribution in [0, 0.1) is 17.8 Å². The first kappa shape index (κ1) is 17.6. The fraction of sp³-hybridized carbons (Fsp3) is 0.444. The number of amides is 1. The Morgan fingerprint density at radius 3 is 2.81 bits per heavy atom. The van der Waals surface area contributed by atoms with Crippen molar-refractivity contribution in [2.24, 2.45) is 24.8 Å². The molecule has 1 aromatic heterocycles. The number of benzene rings is 1. The van der Waals surface area contributed by atoms with Crippen molar-refractivity contribution < 1.29 is 9.53 Å². The summed E-state index contributed by atoms with van der Waals surface area (Å²) in [7, 11) is 1.83. The number of halogens is 2. The molecule has 1 aliphatic heterocycles. The molecule has 8 heteroatoms. The molecule has 0 bridgehead atoms. The lowest BCUT2D eigenvalue weighted by atomic mass is 10.2. The van der Waals surface area contributed by atoms with Crippen LogP contribution >= 0.6 is 23.2 Å². The first-order chi connectivity index (χ1) is 12.5. The zero-order valence-electron chi connectivity index (χ0n) is 14.4. The molecular weight excluding hydrogens is 375 g/mol. The molecule has 2 aromatic rings. The molecule has 0 radical (unpaired) electrons. The van der Waals surface area contributed by atoms with Gasteiger partial charge in [-0.05, 0) is 48.5 Å². The average Bonchev–Trinajstić information content (AvgIpc) is 2.93. The van der Waals surface area contributed by atoms with Gasteiger partial charge in [-0.3, -0.25) is 0 Å².